The molecule has 0 aliphatic heterocycles. The van der Waals surface area contributed by atoms with Crippen LogP contribution in [0, 0.1) is 6.92 Å². The number of hydrogen-bond donors (Lipinski definition) is 0. The molecule has 0 aliphatic rings. The summed E-state index contributed by atoms with van der Waals surface area (Å²) in [6.45, 7) is 4.04. The summed E-state index contributed by atoms with van der Waals surface area (Å²) in [6.07, 6.45) is 0.387. The fraction of sp³-hybridized carbons (Fsp3) is 0.235. The van der Waals surface area contributed by atoms with Crippen molar-refractivity contribution in [3.05, 3.63) is 65.7 Å². The Hall–Kier alpha value is -2.09. The highest BCUT2D eigenvalue weighted by atomic mass is 16.5. The van der Waals surface area contributed by atoms with Gasteiger partial charge in [-0.1, -0.05) is 55.0 Å². The Bertz CT molecular complexity index is 529. The van der Waals surface area contributed by atoms with Gasteiger partial charge in [0.15, 0.2) is 0 Å². The molecule has 2 heteroatoms. The Morgan fingerprint density at radius 3 is 2.32 bits per heavy atom. The molecular weight excluding hydrogens is 236 g/mol. The topological polar surface area (TPSA) is 26.3 Å². The summed E-state index contributed by atoms with van der Waals surface area (Å²) in [5, 5.41) is 0. The molecule has 1 unspecified atom stereocenters. The summed E-state index contributed by atoms with van der Waals surface area (Å²) in [6, 6.07) is 17.5. The van der Waals surface area contributed by atoms with Gasteiger partial charge in [0.05, 0.1) is 6.42 Å². The molecule has 0 bridgehead atoms. The normalized spacial score (nSPS) is 11.9. The summed E-state index contributed by atoms with van der Waals surface area (Å²) in [7, 11) is 0. The number of hydrogen-bond acceptors (Lipinski definition) is 2. The number of rotatable bonds is 4. The quantitative estimate of drug-likeness (QED) is 0.606. The Labute approximate surface area is 114 Å². The lowest BCUT2D eigenvalue weighted by molar-refractivity contribution is -0.134. The summed E-state index contributed by atoms with van der Waals surface area (Å²) >= 11 is 0. The lowest BCUT2D eigenvalue weighted by Gasteiger charge is -2.11. The maximum Gasteiger partial charge on any atom is 0.311 e. The van der Waals surface area contributed by atoms with Gasteiger partial charge < -0.3 is 4.74 Å². The molecule has 0 spiro atoms. The molecule has 0 aromatic heterocycles. The van der Waals surface area contributed by atoms with Crippen LogP contribution in [0.1, 0.15) is 30.4 Å². The average molecular weight is 254 g/mol. The third-order valence-electron chi connectivity index (χ3n) is 3.09. The van der Waals surface area contributed by atoms with E-state index >= 15 is 0 Å². The van der Waals surface area contributed by atoms with Crippen molar-refractivity contribution >= 4 is 5.97 Å². The van der Waals surface area contributed by atoms with E-state index in [4.69, 9.17) is 4.74 Å². The minimum Gasteiger partial charge on any atom is -0.427 e. The van der Waals surface area contributed by atoms with Crippen molar-refractivity contribution in [3.63, 3.8) is 0 Å². The first-order valence-corrected chi connectivity index (χ1v) is 6.47. The third-order valence-corrected chi connectivity index (χ3v) is 3.09. The van der Waals surface area contributed by atoms with Gasteiger partial charge in [0.25, 0.3) is 0 Å². The molecule has 2 rings (SSSR count). The second kappa shape index (κ2) is 6.19. The van der Waals surface area contributed by atoms with Crippen LogP contribution in [0.25, 0.3) is 0 Å². The molecule has 0 amide bonds. The second-order valence-electron chi connectivity index (χ2n) is 4.80. The third kappa shape index (κ3) is 3.95. The standard InChI is InChI=1S/C17H18O2/c1-13-8-10-16(11-9-13)19-17(18)12-14(2)15-6-4-3-5-7-15/h3-11,14H,12H2,1-2H3. The molecular formula is C17H18O2. The van der Waals surface area contributed by atoms with Gasteiger partial charge in [-0.2, -0.15) is 0 Å². The van der Waals surface area contributed by atoms with Crippen LogP contribution in [-0.4, -0.2) is 5.97 Å². The number of benzene rings is 2. The smallest absolute Gasteiger partial charge is 0.311 e. The van der Waals surface area contributed by atoms with E-state index in [9.17, 15) is 4.79 Å². The van der Waals surface area contributed by atoms with Gasteiger partial charge in [-0.3, -0.25) is 4.79 Å². The second-order valence-corrected chi connectivity index (χ2v) is 4.80. The molecule has 2 aromatic carbocycles. The lowest BCUT2D eigenvalue weighted by Crippen LogP contribution is -2.11. The zero-order valence-electron chi connectivity index (χ0n) is 11.3. The summed E-state index contributed by atoms with van der Waals surface area (Å²) < 4.78 is 5.32. The van der Waals surface area contributed by atoms with Gasteiger partial charge in [-0.05, 0) is 30.5 Å². The van der Waals surface area contributed by atoms with E-state index in [1.54, 1.807) is 0 Å². The Morgan fingerprint density at radius 1 is 1.05 bits per heavy atom. The largest absolute Gasteiger partial charge is 0.427 e. The number of aryl methyl sites for hydroxylation is 1. The van der Waals surface area contributed by atoms with E-state index < -0.39 is 0 Å². The Morgan fingerprint density at radius 2 is 1.68 bits per heavy atom. The molecule has 0 saturated carbocycles. The molecule has 0 aliphatic carbocycles. The predicted molar refractivity (Wildman–Crippen MR) is 76.3 cm³/mol. The highest BCUT2D eigenvalue weighted by molar-refractivity contribution is 5.73. The van der Waals surface area contributed by atoms with Crippen molar-refractivity contribution in [1.29, 1.82) is 0 Å². The minimum absolute atomic E-state index is 0.166. The highest BCUT2D eigenvalue weighted by Gasteiger charge is 2.12. The first-order chi connectivity index (χ1) is 9.15. The Balaban J connectivity index is 1.93. The monoisotopic (exact) mass is 254 g/mol. The van der Waals surface area contributed by atoms with Crippen molar-refractivity contribution < 1.29 is 9.53 Å². The van der Waals surface area contributed by atoms with Crippen molar-refractivity contribution in [2.75, 3.05) is 0 Å². The van der Waals surface area contributed by atoms with Crippen LogP contribution in [-0.2, 0) is 4.79 Å². The average Bonchev–Trinajstić information content (AvgIpc) is 2.42. The number of carbonyl (C=O) groups is 1. The van der Waals surface area contributed by atoms with Crippen LogP contribution in [0.2, 0.25) is 0 Å². The van der Waals surface area contributed by atoms with E-state index in [0.717, 1.165) is 11.1 Å². The van der Waals surface area contributed by atoms with E-state index in [2.05, 4.69) is 0 Å². The van der Waals surface area contributed by atoms with Crippen LogP contribution < -0.4 is 4.74 Å². The zero-order valence-corrected chi connectivity index (χ0v) is 11.3. The van der Waals surface area contributed by atoms with Crippen LogP contribution in [0.4, 0.5) is 0 Å². The molecule has 0 saturated heterocycles. The number of carbonyl (C=O) groups excluding carboxylic acids is 1. The van der Waals surface area contributed by atoms with Gasteiger partial charge in [0.2, 0.25) is 0 Å². The van der Waals surface area contributed by atoms with Gasteiger partial charge in [0, 0.05) is 0 Å². The summed E-state index contributed by atoms with van der Waals surface area (Å²) in [5.74, 6) is 0.579. The molecule has 0 heterocycles. The fourth-order valence-corrected chi connectivity index (χ4v) is 1.93. The zero-order chi connectivity index (χ0) is 13.7. The van der Waals surface area contributed by atoms with E-state index in [1.807, 2.05) is 68.4 Å². The minimum atomic E-state index is -0.194. The van der Waals surface area contributed by atoms with Crippen molar-refractivity contribution in [2.45, 2.75) is 26.2 Å². The molecule has 1 atom stereocenters. The molecule has 19 heavy (non-hydrogen) atoms. The van der Waals surface area contributed by atoms with Crippen LogP contribution in [0.15, 0.2) is 54.6 Å². The summed E-state index contributed by atoms with van der Waals surface area (Å²) in [5.41, 5.74) is 2.31. The number of ether oxygens (including phenoxy) is 1. The molecule has 0 radical (unpaired) electrons. The van der Waals surface area contributed by atoms with Crippen molar-refractivity contribution in [3.8, 4) is 5.75 Å². The van der Waals surface area contributed by atoms with Crippen LogP contribution in [0.3, 0.4) is 0 Å². The maximum atomic E-state index is 11.9. The van der Waals surface area contributed by atoms with E-state index in [0.29, 0.717) is 12.2 Å². The lowest BCUT2D eigenvalue weighted by atomic mass is 9.98. The highest BCUT2D eigenvalue weighted by Crippen LogP contribution is 2.20. The molecule has 2 nitrogen and oxygen atoms in total. The van der Waals surface area contributed by atoms with E-state index in [1.165, 1.54) is 0 Å². The molecule has 98 valence electrons. The van der Waals surface area contributed by atoms with Crippen LogP contribution in [0.5, 0.6) is 5.75 Å². The number of esters is 1. The first kappa shape index (κ1) is 13.3. The van der Waals surface area contributed by atoms with Crippen molar-refractivity contribution in [2.24, 2.45) is 0 Å². The van der Waals surface area contributed by atoms with Gasteiger partial charge >= 0.3 is 5.97 Å². The molecule has 0 fully saturated rings. The van der Waals surface area contributed by atoms with Crippen molar-refractivity contribution in [1.82, 2.24) is 0 Å². The molecule has 0 N–H and O–H groups in total. The van der Waals surface area contributed by atoms with Gasteiger partial charge in [-0.25, -0.2) is 0 Å². The van der Waals surface area contributed by atoms with E-state index in [-0.39, 0.29) is 11.9 Å². The Kier molecular flexibility index (Phi) is 4.35. The van der Waals surface area contributed by atoms with Gasteiger partial charge in [0.1, 0.15) is 5.75 Å². The first-order valence-electron chi connectivity index (χ1n) is 6.47. The van der Waals surface area contributed by atoms with Crippen LogP contribution >= 0.6 is 0 Å². The maximum absolute atomic E-state index is 11.9. The van der Waals surface area contributed by atoms with Gasteiger partial charge in [-0.15, -0.1) is 0 Å². The SMILES string of the molecule is Cc1ccc(OC(=O)CC(C)c2ccccc2)cc1. The summed E-state index contributed by atoms with van der Waals surface area (Å²) in [4.78, 5) is 11.9. The molecule has 2 aromatic rings. The predicted octanol–water partition coefficient (Wildman–Crippen LogP) is 4.09. The fourth-order valence-electron chi connectivity index (χ4n) is 1.93.